The van der Waals surface area contributed by atoms with Crippen LogP contribution in [0.2, 0.25) is 0 Å². The number of benzene rings is 2. The molecular formula is C22H19F3N2O4. The van der Waals surface area contributed by atoms with E-state index >= 15 is 0 Å². The van der Waals surface area contributed by atoms with Gasteiger partial charge in [0.05, 0.1) is 23.6 Å². The van der Waals surface area contributed by atoms with Crippen molar-refractivity contribution in [3.63, 3.8) is 0 Å². The second-order valence-corrected chi connectivity index (χ2v) is 6.48. The number of methoxy groups -OCH3 is 1. The highest BCUT2D eigenvalue weighted by Crippen LogP contribution is 2.30. The minimum absolute atomic E-state index is 0.152. The van der Waals surface area contributed by atoms with Crippen molar-refractivity contribution in [3.05, 3.63) is 77.6 Å². The maximum Gasteiger partial charge on any atom is 0.573 e. The average molecular weight is 432 g/mol. The first-order chi connectivity index (χ1) is 14.7. The van der Waals surface area contributed by atoms with Crippen LogP contribution in [-0.2, 0) is 11.3 Å². The summed E-state index contributed by atoms with van der Waals surface area (Å²) in [4.78, 5) is 16.9. The molecule has 9 heteroatoms. The molecule has 0 radical (unpaired) electrons. The minimum atomic E-state index is -4.79. The van der Waals surface area contributed by atoms with Crippen LogP contribution in [0.3, 0.4) is 0 Å². The number of carbonyl (C=O) groups excluding carboxylic acids is 1. The molecule has 0 fully saturated rings. The van der Waals surface area contributed by atoms with Gasteiger partial charge in [-0.3, -0.25) is 9.78 Å². The predicted molar refractivity (Wildman–Crippen MR) is 107 cm³/mol. The Bertz CT molecular complexity index is 1070. The van der Waals surface area contributed by atoms with Gasteiger partial charge >= 0.3 is 6.36 Å². The van der Waals surface area contributed by atoms with Gasteiger partial charge in [0, 0.05) is 24.9 Å². The number of amides is 1. The summed E-state index contributed by atoms with van der Waals surface area (Å²) in [5.74, 6) is -0.271. The Labute approximate surface area is 176 Å². The van der Waals surface area contributed by atoms with E-state index < -0.39 is 12.1 Å². The van der Waals surface area contributed by atoms with Crippen LogP contribution in [0.5, 0.6) is 17.2 Å². The zero-order valence-electron chi connectivity index (χ0n) is 16.7. The molecule has 0 unspecified atom stereocenters. The van der Waals surface area contributed by atoms with Crippen LogP contribution in [0.15, 0.2) is 60.7 Å². The summed E-state index contributed by atoms with van der Waals surface area (Å²) in [6.45, 7) is 2.07. The van der Waals surface area contributed by atoms with Gasteiger partial charge in [0.15, 0.2) is 0 Å². The molecule has 0 spiro atoms. The van der Waals surface area contributed by atoms with E-state index in [0.29, 0.717) is 35.0 Å². The largest absolute Gasteiger partial charge is 0.573 e. The lowest BCUT2D eigenvalue weighted by Crippen LogP contribution is -2.17. The smallest absolute Gasteiger partial charge is 0.457 e. The van der Waals surface area contributed by atoms with Crippen molar-refractivity contribution in [2.45, 2.75) is 19.9 Å². The first kappa shape index (κ1) is 22.1. The topological polar surface area (TPSA) is 69.7 Å². The molecule has 0 aliphatic heterocycles. The third-order valence-corrected chi connectivity index (χ3v) is 4.05. The van der Waals surface area contributed by atoms with Gasteiger partial charge < -0.3 is 19.5 Å². The minimum Gasteiger partial charge on any atom is -0.457 e. The second-order valence-electron chi connectivity index (χ2n) is 6.48. The molecule has 2 aromatic carbocycles. The fourth-order valence-electron chi connectivity index (χ4n) is 2.79. The molecule has 3 rings (SSSR count). The zero-order valence-corrected chi connectivity index (χ0v) is 16.7. The highest BCUT2D eigenvalue weighted by Gasteiger charge is 2.31. The number of nitrogens with zero attached hydrogens (tertiary/aromatic N) is 1. The maximum atomic E-state index is 12.6. The maximum absolute atomic E-state index is 12.6. The van der Waals surface area contributed by atoms with E-state index in [9.17, 15) is 18.0 Å². The van der Waals surface area contributed by atoms with E-state index in [1.165, 1.54) is 18.2 Å². The van der Waals surface area contributed by atoms with E-state index in [4.69, 9.17) is 9.47 Å². The molecule has 0 aliphatic rings. The fraction of sp³-hybridized carbons (Fsp3) is 0.182. The van der Waals surface area contributed by atoms with Crippen molar-refractivity contribution >= 4 is 11.6 Å². The lowest BCUT2D eigenvalue weighted by atomic mass is 10.1. The zero-order chi connectivity index (χ0) is 22.4. The Morgan fingerprint density at radius 2 is 1.68 bits per heavy atom. The van der Waals surface area contributed by atoms with Crippen molar-refractivity contribution in [2.24, 2.45) is 0 Å². The number of aryl methyl sites for hydroxylation is 1. The van der Waals surface area contributed by atoms with Crippen LogP contribution in [-0.4, -0.2) is 24.4 Å². The number of rotatable bonds is 7. The average Bonchev–Trinajstić information content (AvgIpc) is 2.67. The molecule has 0 atom stereocenters. The van der Waals surface area contributed by atoms with Crippen LogP contribution in [0.1, 0.15) is 21.7 Å². The monoisotopic (exact) mass is 432 g/mol. The van der Waals surface area contributed by atoms with Gasteiger partial charge in [-0.15, -0.1) is 13.2 Å². The summed E-state index contributed by atoms with van der Waals surface area (Å²) in [5, 5.41) is 2.76. The number of anilines is 1. The van der Waals surface area contributed by atoms with Crippen LogP contribution in [0.25, 0.3) is 0 Å². The molecule has 6 nitrogen and oxygen atoms in total. The number of pyridine rings is 1. The van der Waals surface area contributed by atoms with Gasteiger partial charge in [-0.2, -0.15) is 0 Å². The lowest BCUT2D eigenvalue weighted by molar-refractivity contribution is -0.274. The third-order valence-electron chi connectivity index (χ3n) is 4.05. The van der Waals surface area contributed by atoms with Crippen molar-refractivity contribution in [1.82, 2.24) is 4.98 Å². The molecule has 1 amide bonds. The fourth-order valence-corrected chi connectivity index (χ4v) is 2.79. The normalized spacial score (nSPS) is 11.1. The number of carbonyl (C=O) groups is 1. The number of halogens is 3. The highest BCUT2D eigenvalue weighted by molar-refractivity contribution is 6.05. The summed E-state index contributed by atoms with van der Waals surface area (Å²) < 4.78 is 51.7. The number of ether oxygens (including phenoxy) is 3. The van der Waals surface area contributed by atoms with Gasteiger partial charge in [-0.05, 0) is 43.3 Å². The number of nitrogens with one attached hydrogen (secondary N) is 1. The number of aromatic nitrogens is 1. The first-order valence-corrected chi connectivity index (χ1v) is 9.14. The molecule has 1 aromatic heterocycles. The van der Waals surface area contributed by atoms with E-state index in [2.05, 4.69) is 15.0 Å². The Balaban J connectivity index is 1.71. The van der Waals surface area contributed by atoms with Gasteiger partial charge in [0.1, 0.15) is 17.2 Å². The molecule has 0 bridgehead atoms. The molecule has 3 aromatic rings. The standard InChI is InChI=1S/C22H19F3N2O4/c1-14-20(10-9-16(26-14)13-29-2)21(28)27-15-5-3-6-17(11-15)30-18-7-4-8-19(12-18)31-22(23,24)25/h3-12H,13H2,1-2H3,(H,27,28). The predicted octanol–water partition coefficient (Wildman–Crippen LogP) is 5.48. The number of hydrogen-bond donors (Lipinski definition) is 1. The van der Waals surface area contributed by atoms with E-state index in [1.54, 1.807) is 50.4 Å². The third kappa shape index (κ3) is 6.45. The Kier molecular flexibility index (Phi) is 6.76. The lowest BCUT2D eigenvalue weighted by Gasteiger charge is -2.12. The van der Waals surface area contributed by atoms with Crippen molar-refractivity contribution in [3.8, 4) is 17.2 Å². The summed E-state index contributed by atoms with van der Waals surface area (Å²) in [5.41, 5.74) is 2.12. The van der Waals surface area contributed by atoms with Gasteiger partial charge in [0.25, 0.3) is 5.91 Å². The summed E-state index contributed by atoms with van der Waals surface area (Å²) >= 11 is 0. The molecule has 162 valence electrons. The SMILES string of the molecule is COCc1ccc(C(=O)Nc2cccc(Oc3cccc(OC(F)(F)F)c3)c2)c(C)n1. The summed E-state index contributed by atoms with van der Waals surface area (Å²) in [6, 6.07) is 15.0. The highest BCUT2D eigenvalue weighted by atomic mass is 19.4. The van der Waals surface area contributed by atoms with Gasteiger partial charge in [0.2, 0.25) is 0 Å². The summed E-state index contributed by atoms with van der Waals surface area (Å²) in [7, 11) is 1.56. The molecule has 0 saturated carbocycles. The molecule has 0 aliphatic carbocycles. The van der Waals surface area contributed by atoms with E-state index in [0.717, 1.165) is 6.07 Å². The Morgan fingerprint density at radius 3 is 2.35 bits per heavy atom. The molecule has 31 heavy (non-hydrogen) atoms. The molecular weight excluding hydrogens is 413 g/mol. The van der Waals surface area contributed by atoms with Crippen LogP contribution in [0, 0.1) is 6.92 Å². The number of alkyl halides is 3. The quantitative estimate of drug-likeness (QED) is 0.536. The van der Waals surface area contributed by atoms with Gasteiger partial charge in [-0.25, -0.2) is 0 Å². The van der Waals surface area contributed by atoms with Crippen LogP contribution >= 0.6 is 0 Å². The Hall–Kier alpha value is -3.59. The molecule has 0 saturated heterocycles. The van der Waals surface area contributed by atoms with Gasteiger partial charge in [-0.1, -0.05) is 12.1 Å². The van der Waals surface area contributed by atoms with Crippen LogP contribution in [0.4, 0.5) is 18.9 Å². The first-order valence-electron chi connectivity index (χ1n) is 9.14. The number of hydrogen-bond acceptors (Lipinski definition) is 5. The Morgan fingerprint density at radius 1 is 1.00 bits per heavy atom. The molecule has 1 N–H and O–H groups in total. The summed E-state index contributed by atoms with van der Waals surface area (Å²) in [6.07, 6.45) is -4.79. The van der Waals surface area contributed by atoms with Crippen molar-refractivity contribution < 1.29 is 32.2 Å². The second kappa shape index (κ2) is 9.48. The molecule has 1 heterocycles. The van der Waals surface area contributed by atoms with Crippen LogP contribution < -0.4 is 14.8 Å². The van der Waals surface area contributed by atoms with Crippen molar-refractivity contribution in [1.29, 1.82) is 0 Å². The van der Waals surface area contributed by atoms with Crippen molar-refractivity contribution in [2.75, 3.05) is 12.4 Å². The van der Waals surface area contributed by atoms with E-state index in [1.807, 2.05) is 0 Å². The van der Waals surface area contributed by atoms with E-state index in [-0.39, 0.29) is 11.7 Å².